The SMILES string of the molecule is CC(C)(C)CC1CC(CN)CCC1=O. The summed E-state index contributed by atoms with van der Waals surface area (Å²) in [6, 6.07) is 0. The van der Waals surface area contributed by atoms with E-state index >= 15 is 0 Å². The minimum Gasteiger partial charge on any atom is -0.330 e. The topological polar surface area (TPSA) is 43.1 Å². The normalized spacial score (nSPS) is 29.3. The molecular weight excluding hydrogens is 174 g/mol. The molecule has 1 fully saturated rings. The molecule has 2 nitrogen and oxygen atoms in total. The van der Waals surface area contributed by atoms with Gasteiger partial charge in [-0.1, -0.05) is 20.8 Å². The van der Waals surface area contributed by atoms with Gasteiger partial charge in [0.25, 0.3) is 0 Å². The first-order chi connectivity index (χ1) is 6.42. The van der Waals surface area contributed by atoms with Crippen molar-refractivity contribution in [3.05, 3.63) is 0 Å². The molecule has 2 heteroatoms. The second-order valence-electron chi connectivity index (χ2n) is 5.80. The van der Waals surface area contributed by atoms with Crippen molar-refractivity contribution in [1.29, 1.82) is 0 Å². The highest BCUT2D eigenvalue weighted by atomic mass is 16.1. The van der Waals surface area contributed by atoms with E-state index in [-0.39, 0.29) is 11.3 Å². The van der Waals surface area contributed by atoms with Crippen molar-refractivity contribution >= 4 is 5.78 Å². The molecule has 0 aromatic heterocycles. The summed E-state index contributed by atoms with van der Waals surface area (Å²) in [5.74, 6) is 1.32. The molecule has 0 bridgehead atoms. The van der Waals surface area contributed by atoms with E-state index in [1.807, 2.05) is 0 Å². The molecule has 2 N–H and O–H groups in total. The van der Waals surface area contributed by atoms with Gasteiger partial charge >= 0.3 is 0 Å². The Balaban J connectivity index is 2.53. The highest BCUT2D eigenvalue weighted by Crippen LogP contribution is 2.34. The smallest absolute Gasteiger partial charge is 0.136 e. The van der Waals surface area contributed by atoms with Gasteiger partial charge in [-0.25, -0.2) is 0 Å². The highest BCUT2D eigenvalue weighted by Gasteiger charge is 2.30. The van der Waals surface area contributed by atoms with Gasteiger partial charge in [-0.15, -0.1) is 0 Å². The van der Waals surface area contributed by atoms with E-state index in [1.165, 1.54) is 0 Å². The van der Waals surface area contributed by atoms with Crippen molar-refractivity contribution in [3.8, 4) is 0 Å². The summed E-state index contributed by atoms with van der Waals surface area (Å²) in [6.45, 7) is 7.35. The van der Waals surface area contributed by atoms with Crippen LogP contribution in [-0.4, -0.2) is 12.3 Å². The van der Waals surface area contributed by atoms with Gasteiger partial charge in [0.05, 0.1) is 0 Å². The van der Waals surface area contributed by atoms with Crippen LogP contribution >= 0.6 is 0 Å². The average Bonchev–Trinajstić information content (AvgIpc) is 2.06. The van der Waals surface area contributed by atoms with E-state index in [0.717, 1.165) is 32.2 Å². The summed E-state index contributed by atoms with van der Waals surface area (Å²) in [5, 5.41) is 0. The Hall–Kier alpha value is -0.370. The van der Waals surface area contributed by atoms with Gasteiger partial charge in [-0.3, -0.25) is 4.79 Å². The molecule has 82 valence electrons. The van der Waals surface area contributed by atoms with Gasteiger partial charge in [-0.2, -0.15) is 0 Å². The van der Waals surface area contributed by atoms with Crippen molar-refractivity contribution in [1.82, 2.24) is 0 Å². The lowest BCUT2D eigenvalue weighted by molar-refractivity contribution is -0.126. The minimum absolute atomic E-state index is 0.261. The standard InChI is InChI=1S/C12H23NO/c1-12(2,3)7-10-6-9(8-13)4-5-11(10)14/h9-10H,4-8,13H2,1-3H3. The van der Waals surface area contributed by atoms with Gasteiger partial charge in [0.1, 0.15) is 5.78 Å². The Labute approximate surface area is 87.2 Å². The second-order valence-corrected chi connectivity index (χ2v) is 5.80. The fraction of sp³-hybridized carbons (Fsp3) is 0.917. The fourth-order valence-electron chi connectivity index (χ4n) is 2.35. The van der Waals surface area contributed by atoms with Crippen molar-refractivity contribution in [2.75, 3.05) is 6.54 Å². The van der Waals surface area contributed by atoms with Crippen molar-refractivity contribution in [3.63, 3.8) is 0 Å². The molecule has 1 aliphatic rings. The molecule has 0 spiro atoms. The maximum absolute atomic E-state index is 11.7. The van der Waals surface area contributed by atoms with E-state index in [1.54, 1.807) is 0 Å². The Bertz CT molecular complexity index is 205. The van der Waals surface area contributed by atoms with Crippen LogP contribution in [0.2, 0.25) is 0 Å². The van der Waals surface area contributed by atoms with Gasteiger partial charge in [0, 0.05) is 12.3 Å². The lowest BCUT2D eigenvalue weighted by Crippen LogP contribution is -2.31. The first kappa shape index (κ1) is 11.7. The number of carbonyl (C=O) groups excluding carboxylic acids is 1. The molecule has 1 rings (SSSR count). The lowest BCUT2D eigenvalue weighted by Gasteiger charge is -2.31. The van der Waals surface area contributed by atoms with Crippen LogP contribution in [-0.2, 0) is 4.79 Å². The van der Waals surface area contributed by atoms with Crippen molar-refractivity contribution in [2.24, 2.45) is 23.0 Å². The van der Waals surface area contributed by atoms with Gasteiger partial charge in [0.2, 0.25) is 0 Å². The van der Waals surface area contributed by atoms with Crippen LogP contribution in [0.15, 0.2) is 0 Å². The molecular formula is C12H23NO. The number of hydrogen-bond donors (Lipinski definition) is 1. The maximum atomic E-state index is 11.7. The molecule has 2 atom stereocenters. The van der Waals surface area contributed by atoms with E-state index in [9.17, 15) is 4.79 Å². The molecule has 0 aromatic carbocycles. The van der Waals surface area contributed by atoms with Crippen molar-refractivity contribution in [2.45, 2.75) is 46.5 Å². The number of rotatable bonds is 2. The summed E-state index contributed by atoms with van der Waals surface area (Å²) in [5.41, 5.74) is 5.92. The third kappa shape index (κ3) is 3.41. The maximum Gasteiger partial charge on any atom is 0.136 e. The summed E-state index contributed by atoms with van der Waals surface area (Å²) in [4.78, 5) is 11.7. The first-order valence-corrected chi connectivity index (χ1v) is 5.65. The van der Waals surface area contributed by atoms with E-state index < -0.39 is 0 Å². The summed E-state index contributed by atoms with van der Waals surface area (Å²) < 4.78 is 0. The largest absolute Gasteiger partial charge is 0.330 e. The Morgan fingerprint density at radius 1 is 1.43 bits per heavy atom. The van der Waals surface area contributed by atoms with Crippen LogP contribution in [0.4, 0.5) is 0 Å². The Morgan fingerprint density at radius 3 is 2.57 bits per heavy atom. The van der Waals surface area contributed by atoms with Gasteiger partial charge < -0.3 is 5.73 Å². The van der Waals surface area contributed by atoms with Crippen LogP contribution < -0.4 is 5.73 Å². The number of hydrogen-bond acceptors (Lipinski definition) is 2. The lowest BCUT2D eigenvalue weighted by atomic mass is 9.73. The molecule has 1 saturated carbocycles. The van der Waals surface area contributed by atoms with Crippen LogP contribution in [0, 0.1) is 17.3 Å². The monoisotopic (exact) mass is 197 g/mol. The minimum atomic E-state index is 0.261. The zero-order valence-electron chi connectivity index (χ0n) is 9.68. The third-order valence-corrected chi connectivity index (χ3v) is 3.06. The van der Waals surface area contributed by atoms with Gasteiger partial charge in [-0.05, 0) is 37.1 Å². The molecule has 0 heterocycles. The fourth-order valence-corrected chi connectivity index (χ4v) is 2.35. The molecule has 2 unspecified atom stereocenters. The summed E-state index contributed by atoms with van der Waals surface area (Å²) in [7, 11) is 0. The zero-order chi connectivity index (χ0) is 10.8. The molecule has 0 aromatic rings. The first-order valence-electron chi connectivity index (χ1n) is 5.65. The predicted octanol–water partition coefficient (Wildman–Crippen LogP) is 2.37. The van der Waals surface area contributed by atoms with E-state index in [2.05, 4.69) is 20.8 Å². The molecule has 0 aliphatic heterocycles. The number of carbonyl (C=O) groups is 1. The average molecular weight is 197 g/mol. The van der Waals surface area contributed by atoms with Crippen LogP contribution in [0.5, 0.6) is 0 Å². The molecule has 0 amide bonds. The van der Waals surface area contributed by atoms with E-state index in [4.69, 9.17) is 5.73 Å². The summed E-state index contributed by atoms with van der Waals surface area (Å²) in [6.07, 6.45) is 3.80. The molecule has 1 aliphatic carbocycles. The van der Waals surface area contributed by atoms with Crippen LogP contribution in [0.25, 0.3) is 0 Å². The Morgan fingerprint density at radius 2 is 2.07 bits per heavy atom. The highest BCUT2D eigenvalue weighted by molar-refractivity contribution is 5.81. The Kier molecular flexibility index (Phi) is 3.71. The molecule has 0 radical (unpaired) electrons. The number of nitrogens with two attached hydrogens (primary N) is 1. The molecule has 0 saturated heterocycles. The number of ketones is 1. The van der Waals surface area contributed by atoms with Crippen molar-refractivity contribution < 1.29 is 4.79 Å². The van der Waals surface area contributed by atoms with Gasteiger partial charge in [0.15, 0.2) is 0 Å². The second kappa shape index (κ2) is 4.43. The summed E-state index contributed by atoms with van der Waals surface area (Å²) >= 11 is 0. The number of Topliss-reactive ketones (excluding diaryl/α,β-unsaturated/α-hetero) is 1. The quantitative estimate of drug-likeness (QED) is 0.738. The zero-order valence-corrected chi connectivity index (χ0v) is 9.68. The third-order valence-electron chi connectivity index (χ3n) is 3.06. The van der Waals surface area contributed by atoms with Crippen LogP contribution in [0.3, 0.4) is 0 Å². The molecule has 14 heavy (non-hydrogen) atoms. The van der Waals surface area contributed by atoms with E-state index in [0.29, 0.717) is 11.7 Å². The van der Waals surface area contributed by atoms with Crippen LogP contribution in [0.1, 0.15) is 46.5 Å². The predicted molar refractivity (Wildman–Crippen MR) is 59.0 cm³/mol.